The lowest BCUT2D eigenvalue weighted by Gasteiger charge is -2.33. The van der Waals surface area contributed by atoms with Crippen molar-refractivity contribution in [3.63, 3.8) is 0 Å². The molecule has 1 aliphatic heterocycles. The van der Waals surface area contributed by atoms with E-state index in [0.717, 1.165) is 62.5 Å². The van der Waals surface area contributed by atoms with E-state index in [9.17, 15) is 5.11 Å². The quantitative estimate of drug-likeness (QED) is 0.795. The smallest absolute Gasteiger partial charge is 0.180 e. The fourth-order valence-corrected chi connectivity index (χ4v) is 3.26. The highest BCUT2D eigenvalue weighted by molar-refractivity contribution is 5.53. The molecule has 0 spiro atoms. The number of rotatable bonds is 7. The number of nitrogens with zero attached hydrogens (tertiary/aromatic N) is 4. The van der Waals surface area contributed by atoms with Gasteiger partial charge in [-0.15, -0.1) is 0 Å². The van der Waals surface area contributed by atoms with E-state index in [2.05, 4.69) is 32.1 Å². The summed E-state index contributed by atoms with van der Waals surface area (Å²) in [6.07, 6.45) is 5.35. The van der Waals surface area contributed by atoms with E-state index in [1.807, 2.05) is 31.2 Å². The second-order valence-corrected chi connectivity index (χ2v) is 6.92. The van der Waals surface area contributed by atoms with Crippen molar-refractivity contribution in [1.82, 2.24) is 19.9 Å². The van der Waals surface area contributed by atoms with Crippen molar-refractivity contribution in [2.45, 2.75) is 51.7 Å². The van der Waals surface area contributed by atoms with E-state index in [4.69, 9.17) is 0 Å². The molecule has 6 heteroatoms. The molecule has 0 bridgehead atoms. The molecule has 0 aliphatic carbocycles. The molecule has 0 aromatic carbocycles. The number of pyridine rings is 1. The molecule has 1 saturated heterocycles. The molecule has 26 heavy (non-hydrogen) atoms. The molecule has 1 aliphatic rings. The summed E-state index contributed by atoms with van der Waals surface area (Å²) in [5.74, 6) is 1.56. The number of likely N-dealkylation sites (tertiary alicyclic amines) is 1. The summed E-state index contributed by atoms with van der Waals surface area (Å²) in [5.41, 5.74) is 1.82. The van der Waals surface area contributed by atoms with Gasteiger partial charge in [-0.3, -0.25) is 4.98 Å². The average Bonchev–Trinajstić information content (AvgIpc) is 2.69. The van der Waals surface area contributed by atoms with Crippen LogP contribution in [0.4, 0.5) is 5.82 Å². The first-order valence-corrected chi connectivity index (χ1v) is 9.64. The van der Waals surface area contributed by atoms with Gasteiger partial charge in [0, 0.05) is 43.6 Å². The molecule has 0 saturated carbocycles. The highest BCUT2D eigenvalue weighted by Crippen LogP contribution is 2.20. The third-order valence-corrected chi connectivity index (χ3v) is 4.92. The predicted octanol–water partition coefficient (Wildman–Crippen LogP) is 2.75. The van der Waals surface area contributed by atoms with Crippen LogP contribution in [0.3, 0.4) is 0 Å². The van der Waals surface area contributed by atoms with Gasteiger partial charge in [0.05, 0.1) is 6.10 Å². The van der Waals surface area contributed by atoms with Crippen molar-refractivity contribution in [1.29, 1.82) is 0 Å². The molecule has 3 rings (SSSR count). The lowest BCUT2D eigenvalue weighted by atomic mass is 10.0. The minimum atomic E-state index is -0.214. The molecular formula is C20H29N5O. The van der Waals surface area contributed by atoms with Gasteiger partial charge < -0.3 is 15.3 Å². The first-order valence-electron chi connectivity index (χ1n) is 9.64. The zero-order valence-electron chi connectivity index (χ0n) is 15.7. The van der Waals surface area contributed by atoms with Gasteiger partial charge in [-0.25, -0.2) is 9.97 Å². The average molecular weight is 355 g/mol. The monoisotopic (exact) mass is 355 g/mol. The van der Waals surface area contributed by atoms with E-state index in [1.54, 1.807) is 6.20 Å². The molecule has 2 aromatic rings. The standard InChI is InChI=1S/C20H29N5O/c1-3-15-13-19(24-20(23-15)18-7-5-6-10-21-18)22-16-8-11-25(12-9-16)14-17(26)4-2/h5-7,10,13,16-17,26H,3-4,8-9,11-12,14H2,1-2H3,(H,22,23,24)/t17-/m0/s1. The highest BCUT2D eigenvalue weighted by atomic mass is 16.3. The molecule has 1 atom stereocenters. The minimum absolute atomic E-state index is 0.214. The second-order valence-electron chi connectivity index (χ2n) is 6.92. The number of piperidine rings is 1. The SMILES string of the molecule is CCc1cc(NC2CCN(C[C@@H](O)CC)CC2)nc(-c2ccccn2)n1. The van der Waals surface area contributed by atoms with Crippen molar-refractivity contribution in [2.75, 3.05) is 25.0 Å². The number of aryl methyl sites for hydroxylation is 1. The zero-order valence-corrected chi connectivity index (χ0v) is 15.7. The van der Waals surface area contributed by atoms with Gasteiger partial charge in [-0.2, -0.15) is 0 Å². The van der Waals surface area contributed by atoms with Crippen LogP contribution in [0.1, 0.15) is 38.8 Å². The fraction of sp³-hybridized carbons (Fsp3) is 0.550. The highest BCUT2D eigenvalue weighted by Gasteiger charge is 2.21. The van der Waals surface area contributed by atoms with Crippen molar-refractivity contribution >= 4 is 5.82 Å². The van der Waals surface area contributed by atoms with Gasteiger partial charge in [0.2, 0.25) is 0 Å². The number of aliphatic hydroxyl groups excluding tert-OH is 1. The van der Waals surface area contributed by atoms with Gasteiger partial charge in [-0.05, 0) is 37.8 Å². The Balaban J connectivity index is 1.65. The van der Waals surface area contributed by atoms with Gasteiger partial charge >= 0.3 is 0 Å². The predicted molar refractivity (Wildman–Crippen MR) is 104 cm³/mol. The number of hydrogen-bond acceptors (Lipinski definition) is 6. The Morgan fingerprint density at radius 3 is 2.69 bits per heavy atom. The van der Waals surface area contributed by atoms with Gasteiger partial charge in [0.15, 0.2) is 5.82 Å². The van der Waals surface area contributed by atoms with Crippen LogP contribution in [0.25, 0.3) is 11.5 Å². The van der Waals surface area contributed by atoms with E-state index in [1.165, 1.54) is 0 Å². The number of anilines is 1. The van der Waals surface area contributed by atoms with Crippen molar-refractivity contribution in [3.05, 3.63) is 36.2 Å². The first kappa shape index (κ1) is 18.7. The maximum atomic E-state index is 9.83. The molecule has 0 radical (unpaired) electrons. The Kier molecular flexibility index (Phi) is 6.52. The number of nitrogens with one attached hydrogen (secondary N) is 1. The van der Waals surface area contributed by atoms with E-state index in [0.29, 0.717) is 11.9 Å². The molecule has 1 fully saturated rings. The van der Waals surface area contributed by atoms with Crippen LogP contribution in [-0.2, 0) is 6.42 Å². The van der Waals surface area contributed by atoms with Gasteiger partial charge in [0.25, 0.3) is 0 Å². The summed E-state index contributed by atoms with van der Waals surface area (Å²) < 4.78 is 0. The van der Waals surface area contributed by atoms with Crippen LogP contribution < -0.4 is 5.32 Å². The normalized spacial score (nSPS) is 17.2. The first-order chi connectivity index (χ1) is 12.7. The molecule has 2 N–H and O–H groups in total. The number of β-amino-alcohol motifs (C(OH)–C–C–N with tert-alkyl or cyclic N) is 1. The Morgan fingerprint density at radius 2 is 2.04 bits per heavy atom. The summed E-state index contributed by atoms with van der Waals surface area (Å²) in [4.78, 5) is 16.0. The third kappa shape index (κ3) is 4.99. The van der Waals surface area contributed by atoms with Crippen molar-refractivity contribution < 1.29 is 5.11 Å². The summed E-state index contributed by atoms with van der Waals surface area (Å²) in [6.45, 7) is 6.92. The van der Waals surface area contributed by atoms with Gasteiger partial charge in [0.1, 0.15) is 11.5 Å². The van der Waals surface area contributed by atoms with Crippen LogP contribution in [0, 0.1) is 0 Å². The minimum Gasteiger partial charge on any atom is -0.392 e. The van der Waals surface area contributed by atoms with Crippen molar-refractivity contribution in [3.8, 4) is 11.5 Å². The maximum Gasteiger partial charge on any atom is 0.180 e. The second kappa shape index (κ2) is 9.05. The van der Waals surface area contributed by atoms with Crippen LogP contribution in [-0.4, -0.2) is 56.7 Å². The zero-order chi connectivity index (χ0) is 18.4. The van der Waals surface area contributed by atoms with Crippen LogP contribution in [0.2, 0.25) is 0 Å². The molecule has 0 amide bonds. The largest absolute Gasteiger partial charge is 0.392 e. The Hall–Kier alpha value is -2.05. The molecular weight excluding hydrogens is 326 g/mol. The summed E-state index contributed by atoms with van der Waals surface area (Å²) >= 11 is 0. The maximum absolute atomic E-state index is 9.83. The Labute approximate surface area is 155 Å². The third-order valence-electron chi connectivity index (χ3n) is 4.92. The molecule has 2 aromatic heterocycles. The molecule has 140 valence electrons. The molecule has 6 nitrogen and oxygen atoms in total. The molecule has 3 heterocycles. The topological polar surface area (TPSA) is 74.2 Å². The number of hydrogen-bond donors (Lipinski definition) is 2. The lowest BCUT2D eigenvalue weighted by Crippen LogP contribution is -2.42. The lowest BCUT2D eigenvalue weighted by molar-refractivity contribution is 0.0962. The summed E-state index contributed by atoms with van der Waals surface area (Å²) in [5, 5.41) is 13.4. The van der Waals surface area contributed by atoms with E-state index in [-0.39, 0.29) is 6.10 Å². The fourth-order valence-electron chi connectivity index (χ4n) is 3.26. The summed E-state index contributed by atoms with van der Waals surface area (Å²) in [6, 6.07) is 8.24. The van der Waals surface area contributed by atoms with E-state index >= 15 is 0 Å². The van der Waals surface area contributed by atoms with Crippen molar-refractivity contribution in [2.24, 2.45) is 0 Å². The van der Waals surface area contributed by atoms with Gasteiger partial charge in [-0.1, -0.05) is 19.9 Å². The molecule has 0 unspecified atom stereocenters. The Bertz CT molecular complexity index is 686. The van der Waals surface area contributed by atoms with Crippen LogP contribution >= 0.6 is 0 Å². The number of aromatic nitrogens is 3. The van der Waals surface area contributed by atoms with E-state index < -0.39 is 0 Å². The number of aliphatic hydroxyl groups is 1. The van der Waals surface area contributed by atoms with Crippen LogP contribution in [0.5, 0.6) is 0 Å². The summed E-state index contributed by atoms with van der Waals surface area (Å²) in [7, 11) is 0. The van der Waals surface area contributed by atoms with Crippen LogP contribution in [0.15, 0.2) is 30.5 Å². The Morgan fingerprint density at radius 1 is 1.23 bits per heavy atom.